The zero-order valence-corrected chi connectivity index (χ0v) is 16.7. The fourth-order valence-electron chi connectivity index (χ4n) is 3.54. The molecule has 2 unspecified atom stereocenters. The van der Waals surface area contributed by atoms with Crippen LogP contribution in [0.25, 0.3) is 0 Å². The molecule has 1 aromatic rings. The average Bonchev–Trinajstić information content (AvgIpc) is 3.02. The van der Waals surface area contributed by atoms with E-state index in [-0.39, 0.29) is 16.5 Å². The molecule has 6 nitrogen and oxygen atoms in total. The zero-order valence-electron chi connectivity index (χ0n) is 15.9. The molecular weight excluding hydrogens is 350 g/mol. The Bertz CT molecular complexity index is 622. The summed E-state index contributed by atoms with van der Waals surface area (Å²) in [6.45, 7) is 7.86. The largest absolute Gasteiger partial charge is 0.497 e. The number of carbonyl (C=O) groups is 1. The number of nitrogens with zero attached hydrogens (tertiary/aromatic N) is 2. The van der Waals surface area contributed by atoms with Gasteiger partial charge in [-0.25, -0.2) is 0 Å². The molecular formula is C19H29N3O3S. The van der Waals surface area contributed by atoms with E-state index >= 15 is 0 Å². The van der Waals surface area contributed by atoms with Crippen molar-refractivity contribution in [3.8, 4) is 11.5 Å². The number of hydrogen-bond donors (Lipinski definition) is 1. The first-order valence-corrected chi connectivity index (χ1v) is 10.2. The molecule has 0 saturated carbocycles. The fourth-order valence-corrected chi connectivity index (χ4v) is 4.99. The number of rotatable bonds is 7. The summed E-state index contributed by atoms with van der Waals surface area (Å²) in [6.07, 6.45) is 0.844. The Morgan fingerprint density at radius 2 is 1.96 bits per heavy atom. The lowest BCUT2D eigenvalue weighted by molar-refractivity contribution is -0.130. The van der Waals surface area contributed by atoms with Gasteiger partial charge in [0.05, 0.1) is 19.5 Å². The molecule has 26 heavy (non-hydrogen) atoms. The number of piperazine rings is 1. The van der Waals surface area contributed by atoms with E-state index in [1.165, 1.54) is 0 Å². The number of nitrogens with one attached hydrogen (secondary N) is 1. The number of methoxy groups -OCH3 is 2. The van der Waals surface area contributed by atoms with Crippen molar-refractivity contribution in [3.05, 3.63) is 23.8 Å². The van der Waals surface area contributed by atoms with Gasteiger partial charge in [-0.2, -0.15) is 0 Å². The van der Waals surface area contributed by atoms with E-state index in [4.69, 9.17) is 9.47 Å². The smallest absolute Gasteiger partial charge is 0.236 e. The second-order valence-electron chi connectivity index (χ2n) is 6.62. The number of thioether (sulfide) groups is 1. The Morgan fingerprint density at radius 3 is 2.62 bits per heavy atom. The minimum absolute atomic E-state index is 0.0129. The van der Waals surface area contributed by atoms with Crippen molar-refractivity contribution in [3.63, 3.8) is 0 Å². The molecule has 7 heteroatoms. The van der Waals surface area contributed by atoms with Crippen LogP contribution in [0.5, 0.6) is 11.5 Å². The zero-order chi connectivity index (χ0) is 18.5. The Labute approximate surface area is 160 Å². The fraction of sp³-hybridized carbons (Fsp3) is 0.632. The van der Waals surface area contributed by atoms with Gasteiger partial charge in [-0.15, -0.1) is 11.8 Å². The van der Waals surface area contributed by atoms with Crippen LogP contribution >= 0.6 is 11.8 Å². The van der Waals surface area contributed by atoms with E-state index in [2.05, 4.69) is 17.1 Å². The Balaban J connectivity index is 1.81. The van der Waals surface area contributed by atoms with Crippen molar-refractivity contribution in [2.75, 3.05) is 53.5 Å². The van der Waals surface area contributed by atoms with Crippen LogP contribution in [-0.2, 0) is 4.79 Å². The van der Waals surface area contributed by atoms with Crippen molar-refractivity contribution < 1.29 is 14.3 Å². The number of amides is 1. The van der Waals surface area contributed by atoms with Gasteiger partial charge >= 0.3 is 0 Å². The quantitative estimate of drug-likeness (QED) is 0.782. The highest BCUT2D eigenvalue weighted by Crippen LogP contribution is 2.47. The number of ether oxygens (including phenoxy) is 2. The molecule has 1 N–H and O–H groups in total. The maximum atomic E-state index is 12.9. The molecule has 2 atom stereocenters. The van der Waals surface area contributed by atoms with E-state index in [0.717, 1.165) is 62.8 Å². The SMILES string of the molecule is CCC1SC(c2cc(OC)ccc2OC)N(CCN2CCNCC2)C1=O. The van der Waals surface area contributed by atoms with Gasteiger partial charge in [-0.3, -0.25) is 9.69 Å². The normalized spacial score (nSPS) is 24.1. The maximum Gasteiger partial charge on any atom is 0.236 e. The second-order valence-corrected chi connectivity index (χ2v) is 7.90. The molecule has 1 aromatic carbocycles. The Hall–Kier alpha value is -1.44. The van der Waals surface area contributed by atoms with Crippen molar-refractivity contribution in [1.29, 1.82) is 0 Å². The topological polar surface area (TPSA) is 54.0 Å². The summed E-state index contributed by atoms with van der Waals surface area (Å²) in [4.78, 5) is 17.4. The van der Waals surface area contributed by atoms with Crippen LogP contribution in [0.1, 0.15) is 24.3 Å². The van der Waals surface area contributed by atoms with Crippen LogP contribution in [0.15, 0.2) is 18.2 Å². The average molecular weight is 380 g/mol. The summed E-state index contributed by atoms with van der Waals surface area (Å²) in [5.74, 6) is 1.83. The number of hydrogen-bond acceptors (Lipinski definition) is 6. The van der Waals surface area contributed by atoms with Crippen LogP contribution in [0.3, 0.4) is 0 Å². The molecule has 3 rings (SSSR count). The lowest BCUT2D eigenvalue weighted by Crippen LogP contribution is -2.47. The molecule has 144 valence electrons. The van der Waals surface area contributed by atoms with Gasteiger partial charge in [0.2, 0.25) is 5.91 Å². The summed E-state index contributed by atoms with van der Waals surface area (Å²) < 4.78 is 11.0. The van der Waals surface area contributed by atoms with Gasteiger partial charge in [0.25, 0.3) is 0 Å². The molecule has 2 saturated heterocycles. The maximum absolute atomic E-state index is 12.9. The Morgan fingerprint density at radius 1 is 1.19 bits per heavy atom. The molecule has 0 aliphatic carbocycles. The van der Waals surface area contributed by atoms with Gasteiger partial charge in [0.15, 0.2) is 0 Å². The molecule has 0 radical (unpaired) electrons. The van der Waals surface area contributed by atoms with Crippen LogP contribution < -0.4 is 14.8 Å². The van der Waals surface area contributed by atoms with Gasteiger partial charge in [0.1, 0.15) is 16.9 Å². The predicted molar refractivity (Wildman–Crippen MR) is 105 cm³/mol. The number of benzene rings is 1. The molecule has 0 spiro atoms. The standard InChI is InChI=1S/C19H29N3O3S/c1-4-17-18(23)22(12-11-21-9-7-20-8-10-21)19(26-17)15-13-14(24-2)5-6-16(15)25-3/h5-6,13,17,19-20H,4,7-12H2,1-3H3. The summed E-state index contributed by atoms with van der Waals surface area (Å²) in [7, 11) is 3.34. The molecule has 1 amide bonds. The van der Waals surface area contributed by atoms with Crippen molar-refractivity contribution in [1.82, 2.24) is 15.1 Å². The summed E-state index contributed by atoms with van der Waals surface area (Å²) >= 11 is 1.73. The van der Waals surface area contributed by atoms with Crippen LogP contribution in [-0.4, -0.2) is 74.4 Å². The summed E-state index contributed by atoms with van der Waals surface area (Å²) in [5.41, 5.74) is 1.02. The minimum atomic E-state index is -0.0274. The van der Waals surface area contributed by atoms with Gasteiger partial charge in [-0.05, 0) is 24.6 Å². The molecule has 0 aromatic heterocycles. The highest BCUT2D eigenvalue weighted by molar-refractivity contribution is 8.01. The van der Waals surface area contributed by atoms with E-state index in [0.29, 0.717) is 0 Å². The molecule has 2 heterocycles. The molecule has 2 fully saturated rings. The van der Waals surface area contributed by atoms with E-state index < -0.39 is 0 Å². The van der Waals surface area contributed by atoms with Crippen molar-refractivity contribution >= 4 is 17.7 Å². The highest BCUT2D eigenvalue weighted by Gasteiger charge is 2.41. The second kappa shape index (κ2) is 8.97. The molecule has 2 aliphatic heterocycles. The van der Waals surface area contributed by atoms with Gasteiger partial charge in [-0.1, -0.05) is 6.92 Å². The predicted octanol–water partition coefficient (Wildman–Crippen LogP) is 1.96. The Kier molecular flexibility index (Phi) is 6.67. The first-order chi connectivity index (χ1) is 12.7. The lowest BCUT2D eigenvalue weighted by atomic mass is 10.1. The van der Waals surface area contributed by atoms with Crippen molar-refractivity contribution in [2.24, 2.45) is 0 Å². The first kappa shape index (κ1) is 19.3. The summed E-state index contributed by atoms with van der Waals surface area (Å²) in [6, 6.07) is 5.82. The molecule has 0 bridgehead atoms. The lowest BCUT2D eigenvalue weighted by Gasteiger charge is -2.31. The third kappa shape index (κ3) is 4.10. The van der Waals surface area contributed by atoms with Crippen LogP contribution in [0, 0.1) is 0 Å². The molecule has 2 aliphatic rings. The monoisotopic (exact) mass is 379 g/mol. The first-order valence-electron chi connectivity index (χ1n) is 9.28. The van der Waals surface area contributed by atoms with Crippen molar-refractivity contribution in [2.45, 2.75) is 24.0 Å². The number of carbonyl (C=O) groups excluding carboxylic acids is 1. The van der Waals surface area contributed by atoms with E-state index in [1.807, 2.05) is 23.1 Å². The third-order valence-electron chi connectivity index (χ3n) is 5.08. The minimum Gasteiger partial charge on any atom is -0.497 e. The van der Waals surface area contributed by atoms with E-state index in [1.54, 1.807) is 26.0 Å². The third-order valence-corrected chi connectivity index (χ3v) is 6.70. The van der Waals surface area contributed by atoms with Crippen LogP contribution in [0.4, 0.5) is 0 Å². The van der Waals surface area contributed by atoms with E-state index in [9.17, 15) is 4.79 Å². The van der Waals surface area contributed by atoms with Crippen LogP contribution in [0.2, 0.25) is 0 Å². The van der Waals surface area contributed by atoms with Gasteiger partial charge in [0, 0.05) is 44.8 Å². The summed E-state index contributed by atoms with van der Waals surface area (Å²) in [5, 5.41) is 3.36. The van der Waals surface area contributed by atoms with Gasteiger partial charge < -0.3 is 19.7 Å². The highest BCUT2D eigenvalue weighted by atomic mass is 32.2.